The van der Waals surface area contributed by atoms with Gasteiger partial charge in [0.1, 0.15) is 0 Å². The minimum absolute atomic E-state index is 0.0777. The molecule has 110 valence electrons. The summed E-state index contributed by atoms with van der Waals surface area (Å²) < 4.78 is 5.45. The fourth-order valence-electron chi connectivity index (χ4n) is 2.59. The molecule has 4 heteroatoms. The molecule has 0 aromatic heterocycles. The van der Waals surface area contributed by atoms with Crippen LogP contribution in [0.5, 0.6) is 0 Å². The average Bonchev–Trinajstić information content (AvgIpc) is 2.93. The van der Waals surface area contributed by atoms with Crippen molar-refractivity contribution in [3.63, 3.8) is 0 Å². The molecule has 4 nitrogen and oxygen atoms in total. The predicted octanol–water partition coefficient (Wildman–Crippen LogP) is 1.66. The zero-order valence-electron chi connectivity index (χ0n) is 12.5. The molecule has 0 aliphatic carbocycles. The number of hydrogen-bond acceptors (Lipinski definition) is 3. The molecular weight excluding hydrogens is 252 g/mol. The van der Waals surface area contributed by atoms with E-state index in [1.807, 2.05) is 30.1 Å². The first-order valence-corrected chi connectivity index (χ1v) is 7.23. The number of nitrogens with zero attached hydrogens (tertiary/aromatic N) is 1. The number of nitrogens with one attached hydrogen (secondary N) is 1. The summed E-state index contributed by atoms with van der Waals surface area (Å²) in [5.41, 5.74) is 1.16. The lowest BCUT2D eigenvalue weighted by atomic mass is 10.0. The second-order valence-electron chi connectivity index (χ2n) is 5.58. The summed E-state index contributed by atoms with van der Waals surface area (Å²) in [5, 5.41) is 3.18. The Morgan fingerprint density at radius 2 is 2.05 bits per heavy atom. The SMILES string of the molecule is CNC1COCC1C(=O)N(Cc1ccccc1)C(C)C. The van der Waals surface area contributed by atoms with E-state index in [1.165, 1.54) is 0 Å². The van der Waals surface area contributed by atoms with E-state index in [0.717, 1.165) is 5.56 Å². The van der Waals surface area contributed by atoms with Gasteiger partial charge in [0.05, 0.1) is 19.1 Å². The lowest BCUT2D eigenvalue weighted by Gasteiger charge is -2.30. The molecule has 1 aliphatic rings. The second kappa shape index (κ2) is 6.86. The minimum Gasteiger partial charge on any atom is -0.379 e. The van der Waals surface area contributed by atoms with E-state index in [2.05, 4.69) is 31.3 Å². The number of carbonyl (C=O) groups excluding carboxylic acids is 1. The molecular formula is C16H24N2O2. The smallest absolute Gasteiger partial charge is 0.230 e. The third-order valence-corrected chi connectivity index (χ3v) is 3.87. The van der Waals surface area contributed by atoms with Crippen LogP contribution in [0.2, 0.25) is 0 Å². The number of carbonyl (C=O) groups is 1. The summed E-state index contributed by atoms with van der Waals surface area (Å²) >= 11 is 0. The number of benzene rings is 1. The average molecular weight is 276 g/mol. The van der Waals surface area contributed by atoms with Crippen LogP contribution in [-0.4, -0.2) is 43.2 Å². The van der Waals surface area contributed by atoms with E-state index in [0.29, 0.717) is 19.8 Å². The van der Waals surface area contributed by atoms with Gasteiger partial charge >= 0.3 is 0 Å². The van der Waals surface area contributed by atoms with Gasteiger partial charge in [0.25, 0.3) is 0 Å². The van der Waals surface area contributed by atoms with Gasteiger partial charge in [-0.1, -0.05) is 30.3 Å². The third-order valence-electron chi connectivity index (χ3n) is 3.87. The van der Waals surface area contributed by atoms with E-state index in [-0.39, 0.29) is 23.9 Å². The fourth-order valence-corrected chi connectivity index (χ4v) is 2.59. The highest BCUT2D eigenvalue weighted by Gasteiger charge is 2.36. The lowest BCUT2D eigenvalue weighted by molar-refractivity contribution is -0.138. The van der Waals surface area contributed by atoms with E-state index in [4.69, 9.17) is 4.74 Å². The van der Waals surface area contributed by atoms with Gasteiger partial charge in [0, 0.05) is 18.6 Å². The number of ether oxygens (including phenoxy) is 1. The molecule has 2 atom stereocenters. The molecule has 1 N–H and O–H groups in total. The molecule has 1 heterocycles. The van der Waals surface area contributed by atoms with Crippen LogP contribution in [-0.2, 0) is 16.1 Å². The van der Waals surface area contributed by atoms with Gasteiger partial charge in [-0.3, -0.25) is 4.79 Å². The van der Waals surface area contributed by atoms with Crippen LogP contribution in [0, 0.1) is 5.92 Å². The lowest BCUT2D eigenvalue weighted by Crippen LogP contribution is -2.46. The van der Waals surface area contributed by atoms with Gasteiger partial charge in [0.2, 0.25) is 5.91 Å². The highest BCUT2D eigenvalue weighted by atomic mass is 16.5. The van der Waals surface area contributed by atoms with Crippen LogP contribution >= 0.6 is 0 Å². The van der Waals surface area contributed by atoms with Gasteiger partial charge in [-0.2, -0.15) is 0 Å². The van der Waals surface area contributed by atoms with Crippen LogP contribution < -0.4 is 5.32 Å². The summed E-state index contributed by atoms with van der Waals surface area (Å²) in [5.74, 6) is 0.104. The Morgan fingerprint density at radius 3 is 2.65 bits per heavy atom. The van der Waals surface area contributed by atoms with Gasteiger partial charge in [0.15, 0.2) is 0 Å². The molecule has 20 heavy (non-hydrogen) atoms. The molecule has 2 rings (SSSR count). The number of amides is 1. The van der Waals surface area contributed by atoms with E-state index in [1.54, 1.807) is 0 Å². The molecule has 0 radical (unpaired) electrons. The highest BCUT2D eigenvalue weighted by molar-refractivity contribution is 5.80. The molecule has 1 aliphatic heterocycles. The Balaban J connectivity index is 2.10. The van der Waals surface area contributed by atoms with E-state index < -0.39 is 0 Å². The van der Waals surface area contributed by atoms with Crippen molar-refractivity contribution < 1.29 is 9.53 Å². The van der Waals surface area contributed by atoms with Gasteiger partial charge in [-0.25, -0.2) is 0 Å². The van der Waals surface area contributed by atoms with Crippen molar-refractivity contribution in [3.8, 4) is 0 Å². The van der Waals surface area contributed by atoms with Gasteiger partial charge < -0.3 is 15.0 Å². The molecule has 0 spiro atoms. The molecule has 1 amide bonds. The van der Waals surface area contributed by atoms with E-state index in [9.17, 15) is 4.79 Å². The molecule has 0 saturated carbocycles. The fraction of sp³-hybridized carbons (Fsp3) is 0.562. The topological polar surface area (TPSA) is 41.6 Å². The Morgan fingerprint density at radius 1 is 1.35 bits per heavy atom. The molecule has 1 aromatic rings. The zero-order chi connectivity index (χ0) is 14.5. The summed E-state index contributed by atoms with van der Waals surface area (Å²) in [6.07, 6.45) is 0. The highest BCUT2D eigenvalue weighted by Crippen LogP contribution is 2.19. The third kappa shape index (κ3) is 3.38. The van der Waals surface area contributed by atoms with Gasteiger partial charge in [-0.15, -0.1) is 0 Å². The summed E-state index contributed by atoms with van der Waals surface area (Å²) in [4.78, 5) is 14.7. The standard InChI is InChI=1S/C16H24N2O2/c1-12(2)18(9-13-7-5-4-6-8-13)16(19)14-10-20-11-15(14)17-3/h4-8,12,14-15,17H,9-11H2,1-3H3. The van der Waals surface area contributed by atoms with Crippen LogP contribution in [0.15, 0.2) is 30.3 Å². The first kappa shape index (κ1) is 15.0. The van der Waals surface area contributed by atoms with Crippen LogP contribution in [0.4, 0.5) is 0 Å². The Labute approximate surface area is 121 Å². The number of hydrogen-bond donors (Lipinski definition) is 1. The first-order valence-electron chi connectivity index (χ1n) is 7.23. The maximum absolute atomic E-state index is 12.8. The quantitative estimate of drug-likeness (QED) is 0.889. The van der Waals surface area contributed by atoms with Crippen molar-refractivity contribution in [1.29, 1.82) is 0 Å². The molecule has 2 unspecified atom stereocenters. The van der Waals surface area contributed by atoms with Crippen LogP contribution in [0.25, 0.3) is 0 Å². The number of likely N-dealkylation sites (N-methyl/N-ethyl adjacent to an activating group) is 1. The van der Waals surface area contributed by atoms with E-state index >= 15 is 0 Å². The van der Waals surface area contributed by atoms with Crippen molar-refractivity contribution in [2.45, 2.75) is 32.5 Å². The van der Waals surface area contributed by atoms with Crippen LogP contribution in [0.3, 0.4) is 0 Å². The van der Waals surface area contributed by atoms with Crippen molar-refractivity contribution in [2.75, 3.05) is 20.3 Å². The van der Waals surface area contributed by atoms with Crippen molar-refractivity contribution in [1.82, 2.24) is 10.2 Å². The second-order valence-corrected chi connectivity index (χ2v) is 5.58. The largest absolute Gasteiger partial charge is 0.379 e. The Bertz CT molecular complexity index is 433. The first-order chi connectivity index (χ1) is 9.63. The summed E-state index contributed by atoms with van der Waals surface area (Å²) in [6.45, 7) is 5.91. The Kier molecular flexibility index (Phi) is 5.15. The summed E-state index contributed by atoms with van der Waals surface area (Å²) in [7, 11) is 1.89. The molecule has 1 fully saturated rings. The van der Waals surface area contributed by atoms with Crippen LogP contribution in [0.1, 0.15) is 19.4 Å². The van der Waals surface area contributed by atoms with Crippen molar-refractivity contribution >= 4 is 5.91 Å². The normalized spacial score (nSPS) is 22.2. The number of rotatable bonds is 5. The monoisotopic (exact) mass is 276 g/mol. The maximum Gasteiger partial charge on any atom is 0.230 e. The molecule has 1 saturated heterocycles. The zero-order valence-corrected chi connectivity index (χ0v) is 12.5. The molecule has 1 aromatic carbocycles. The predicted molar refractivity (Wildman–Crippen MR) is 79.3 cm³/mol. The maximum atomic E-state index is 12.8. The summed E-state index contributed by atoms with van der Waals surface area (Å²) in [6, 6.07) is 10.4. The van der Waals surface area contributed by atoms with Gasteiger partial charge in [-0.05, 0) is 26.5 Å². The Hall–Kier alpha value is -1.39. The van der Waals surface area contributed by atoms with Crippen molar-refractivity contribution in [3.05, 3.63) is 35.9 Å². The minimum atomic E-state index is -0.0777. The van der Waals surface area contributed by atoms with Crippen molar-refractivity contribution in [2.24, 2.45) is 5.92 Å². The molecule has 0 bridgehead atoms.